The van der Waals surface area contributed by atoms with Gasteiger partial charge in [0.15, 0.2) is 0 Å². The van der Waals surface area contributed by atoms with Crippen LogP contribution in [0.25, 0.3) is 0 Å². The quantitative estimate of drug-likeness (QED) is 0.836. The molecule has 114 valence electrons. The first kappa shape index (κ1) is 16.1. The molecule has 0 atom stereocenters. The highest BCUT2D eigenvalue weighted by Gasteiger charge is 2.14. The minimum Gasteiger partial charge on any atom is -0.478 e. The topological polar surface area (TPSA) is 74.6 Å². The van der Waals surface area contributed by atoms with Gasteiger partial charge in [-0.05, 0) is 42.3 Å². The molecule has 2 rings (SSSR count). The normalized spacial score (nSPS) is 10.4. The van der Waals surface area contributed by atoms with Crippen molar-refractivity contribution in [3.05, 3.63) is 59.2 Å². The van der Waals surface area contributed by atoms with E-state index in [0.29, 0.717) is 4.90 Å². The highest BCUT2D eigenvalue weighted by Crippen LogP contribution is 2.31. The molecule has 0 fully saturated rings. The number of aryl methyl sites for hydroxylation is 1. The summed E-state index contributed by atoms with van der Waals surface area (Å²) >= 11 is 1.26. The van der Waals surface area contributed by atoms with Crippen LogP contribution in [0, 0.1) is 0 Å². The van der Waals surface area contributed by atoms with Gasteiger partial charge >= 0.3 is 11.9 Å². The second kappa shape index (κ2) is 7.13. The monoisotopic (exact) mass is 316 g/mol. The first-order chi connectivity index (χ1) is 10.5. The number of rotatable bonds is 6. The molecule has 0 unspecified atom stereocenters. The van der Waals surface area contributed by atoms with Crippen LogP contribution in [0.1, 0.15) is 39.6 Å². The van der Waals surface area contributed by atoms with E-state index in [1.165, 1.54) is 35.5 Å². The van der Waals surface area contributed by atoms with Crippen LogP contribution in [-0.4, -0.2) is 22.2 Å². The molecule has 0 aliphatic rings. The molecular formula is C17H16O4S. The molecule has 0 saturated heterocycles. The lowest BCUT2D eigenvalue weighted by atomic mass is 10.1. The SMILES string of the molecule is CCCc1ccc(Sc2cc(C(=O)O)ccc2C(=O)O)cc1. The molecular weight excluding hydrogens is 300 g/mol. The van der Waals surface area contributed by atoms with Crippen molar-refractivity contribution in [3.63, 3.8) is 0 Å². The number of benzene rings is 2. The molecule has 0 aliphatic carbocycles. The highest BCUT2D eigenvalue weighted by atomic mass is 32.2. The Balaban J connectivity index is 2.32. The Hall–Kier alpha value is -2.27. The van der Waals surface area contributed by atoms with Crippen LogP contribution >= 0.6 is 11.8 Å². The molecule has 0 saturated carbocycles. The summed E-state index contributed by atoms with van der Waals surface area (Å²) in [6, 6.07) is 11.9. The van der Waals surface area contributed by atoms with Crippen LogP contribution in [0.4, 0.5) is 0 Å². The Labute approximate surface area is 132 Å². The summed E-state index contributed by atoms with van der Waals surface area (Å²) < 4.78 is 0. The van der Waals surface area contributed by atoms with Gasteiger partial charge < -0.3 is 10.2 Å². The van der Waals surface area contributed by atoms with Crippen LogP contribution < -0.4 is 0 Å². The van der Waals surface area contributed by atoms with E-state index in [1.54, 1.807) is 0 Å². The Morgan fingerprint density at radius 1 is 1.00 bits per heavy atom. The number of carbonyl (C=O) groups is 2. The fraction of sp³-hybridized carbons (Fsp3) is 0.176. The van der Waals surface area contributed by atoms with Crippen molar-refractivity contribution in [1.29, 1.82) is 0 Å². The summed E-state index contributed by atoms with van der Waals surface area (Å²) in [7, 11) is 0. The number of hydrogen-bond donors (Lipinski definition) is 2. The lowest BCUT2D eigenvalue weighted by molar-refractivity contribution is 0.0678. The number of carboxylic acids is 2. The maximum atomic E-state index is 11.3. The molecule has 2 N–H and O–H groups in total. The van der Waals surface area contributed by atoms with Gasteiger partial charge in [-0.2, -0.15) is 0 Å². The fourth-order valence-electron chi connectivity index (χ4n) is 2.06. The average Bonchev–Trinajstić information content (AvgIpc) is 2.49. The van der Waals surface area contributed by atoms with Crippen molar-refractivity contribution in [2.75, 3.05) is 0 Å². The van der Waals surface area contributed by atoms with Crippen LogP contribution in [0.5, 0.6) is 0 Å². The number of aromatic carboxylic acids is 2. The lowest BCUT2D eigenvalue weighted by Gasteiger charge is -2.08. The van der Waals surface area contributed by atoms with E-state index in [0.717, 1.165) is 17.7 Å². The Kier molecular flexibility index (Phi) is 5.22. The van der Waals surface area contributed by atoms with E-state index in [-0.39, 0.29) is 11.1 Å². The second-order valence-corrected chi connectivity index (χ2v) is 5.93. The summed E-state index contributed by atoms with van der Waals surface area (Å²) in [5, 5.41) is 18.3. The van der Waals surface area contributed by atoms with Gasteiger partial charge in [-0.15, -0.1) is 0 Å². The molecule has 2 aromatic carbocycles. The zero-order chi connectivity index (χ0) is 16.1. The first-order valence-electron chi connectivity index (χ1n) is 6.88. The van der Waals surface area contributed by atoms with E-state index in [2.05, 4.69) is 6.92 Å². The van der Waals surface area contributed by atoms with Gasteiger partial charge in [-0.1, -0.05) is 37.2 Å². The smallest absolute Gasteiger partial charge is 0.336 e. The van der Waals surface area contributed by atoms with Crippen molar-refractivity contribution in [2.24, 2.45) is 0 Å². The fourth-order valence-corrected chi connectivity index (χ4v) is 3.03. The third kappa shape index (κ3) is 3.89. The van der Waals surface area contributed by atoms with Gasteiger partial charge in [-0.3, -0.25) is 0 Å². The molecule has 22 heavy (non-hydrogen) atoms. The molecule has 0 spiro atoms. The van der Waals surface area contributed by atoms with E-state index in [1.807, 2.05) is 24.3 Å². The minimum absolute atomic E-state index is 0.0788. The van der Waals surface area contributed by atoms with Gasteiger partial charge in [0.1, 0.15) is 0 Å². The molecule has 0 bridgehead atoms. The third-order valence-corrected chi connectivity index (χ3v) is 4.21. The summed E-state index contributed by atoms with van der Waals surface area (Å²) in [4.78, 5) is 23.6. The second-order valence-electron chi connectivity index (χ2n) is 4.82. The van der Waals surface area contributed by atoms with E-state index in [9.17, 15) is 14.7 Å². The van der Waals surface area contributed by atoms with E-state index < -0.39 is 11.9 Å². The molecule has 2 aromatic rings. The van der Waals surface area contributed by atoms with Crippen LogP contribution in [0.15, 0.2) is 52.3 Å². The zero-order valence-electron chi connectivity index (χ0n) is 12.1. The molecule has 0 amide bonds. The Morgan fingerprint density at radius 3 is 2.23 bits per heavy atom. The highest BCUT2D eigenvalue weighted by molar-refractivity contribution is 7.99. The van der Waals surface area contributed by atoms with Crippen LogP contribution in [0.3, 0.4) is 0 Å². The minimum atomic E-state index is -1.07. The summed E-state index contributed by atoms with van der Waals surface area (Å²) in [6.07, 6.45) is 2.07. The van der Waals surface area contributed by atoms with Gasteiger partial charge in [0.25, 0.3) is 0 Å². The van der Waals surface area contributed by atoms with Gasteiger partial charge in [0, 0.05) is 9.79 Å². The zero-order valence-corrected chi connectivity index (χ0v) is 12.9. The van der Waals surface area contributed by atoms with E-state index in [4.69, 9.17) is 5.11 Å². The third-order valence-electron chi connectivity index (χ3n) is 3.15. The van der Waals surface area contributed by atoms with Crippen molar-refractivity contribution in [3.8, 4) is 0 Å². The maximum absolute atomic E-state index is 11.3. The summed E-state index contributed by atoms with van der Waals surface area (Å²) in [5.41, 5.74) is 1.41. The van der Waals surface area contributed by atoms with Crippen molar-refractivity contribution in [1.82, 2.24) is 0 Å². The largest absolute Gasteiger partial charge is 0.478 e. The number of carboxylic acid groups (broad SMARTS) is 2. The standard InChI is InChI=1S/C17H16O4S/c1-2-3-11-4-7-13(8-5-11)22-15-10-12(16(18)19)6-9-14(15)17(20)21/h4-10H,2-3H2,1H3,(H,18,19)(H,20,21). The van der Waals surface area contributed by atoms with Crippen LogP contribution in [0.2, 0.25) is 0 Å². The Morgan fingerprint density at radius 2 is 1.68 bits per heavy atom. The summed E-state index contributed by atoms with van der Waals surface area (Å²) in [6.45, 7) is 2.11. The maximum Gasteiger partial charge on any atom is 0.336 e. The molecule has 0 heterocycles. The lowest BCUT2D eigenvalue weighted by Crippen LogP contribution is -2.02. The molecule has 0 aromatic heterocycles. The van der Waals surface area contributed by atoms with Crippen LogP contribution in [-0.2, 0) is 6.42 Å². The van der Waals surface area contributed by atoms with Crippen molar-refractivity contribution in [2.45, 2.75) is 29.6 Å². The van der Waals surface area contributed by atoms with Crippen molar-refractivity contribution >= 4 is 23.7 Å². The summed E-state index contributed by atoms with van der Waals surface area (Å²) in [5.74, 6) is -2.14. The first-order valence-corrected chi connectivity index (χ1v) is 7.70. The molecule has 4 nitrogen and oxygen atoms in total. The van der Waals surface area contributed by atoms with E-state index >= 15 is 0 Å². The molecule has 5 heteroatoms. The predicted octanol–water partition coefficient (Wildman–Crippen LogP) is 4.19. The number of hydrogen-bond acceptors (Lipinski definition) is 3. The van der Waals surface area contributed by atoms with Crippen molar-refractivity contribution < 1.29 is 19.8 Å². The van der Waals surface area contributed by atoms with Gasteiger partial charge in [0.2, 0.25) is 0 Å². The van der Waals surface area contributed by atoms with Gasteiger partial charge in [-0.25, -0.2) is 9.59 Å². The van der Waals surface area contributed by atoms with Gasteiger partial charge in [0.05, 0.1) is 11.1 Å². The predicted molar refractivity (Wildman–Crippen MR) is 84.9 cm³/mol. The molecule has 0 radical (unpaired) electrons. The average molecular weight is 316 g/mol. The molecule has 0 aliphatic heterocycles. The Bertz CT molecular complexity index is 692.